The van der Waals surface area contributed by atoms with E-state index in [0.29, 0.717) is 27.0 Å². The highest BCUT2D eigenvalue weighted by atomic mass is 35.5. The molecule has 0 saturated carbocycles. The number of hydrogen-bond donors (Lipinski definition) is 1. The molecule has 0 fully saturated rings. The number of amides is 1. The fraction of sp³-hybridized carbons (Fsp3) is 0.0952. The van der Waals surface area contributed by atoms with Gasteiger partial charge in [-0.2, -0.15) is 5.26 Å². The minimum absolute atomic E-state index is 0.108. The molecule has 0 aliphatic heterocycles. The van der Waals surface area contributed by atoms with Crippen molar-refractivity contribution in [1.29, 1.82) is 5.26 Å². The molecule has 0 unspecified atom stereocenters. The van der Waals surface area contributed by atoms with E-state index in [9.17, 15) is 14.9 Å². The average Bonchev–Trinajstić information content (AvgIpc) is 2.92. The quantitative estimate of drug-likeness (QED) is 0.497. The van der Waals surface area contributed by atoms with Crippen LogP contribution in [-0.4, -0.2) is 15.3 Å². The lowest BCUT2D eigenvalue weighted by atomic mass is 10.1. The topological polar surface area (TPSA) is 79.8 Å². The maximum absolute atomic E-state index is 12.9. The largest absolute Gasteiger partial charge is 0.315 e. The van der Waals surface area contributed by atoms with Gasteiger partial charge in [-0.3, -0.25) is 14.3 Å². The molecule has 0 atom stereocenters. The Bertz CT molecular complexity index is 1220. The zero-order valence-corrected chi connectivity index (χ0v) is 17.1. The zero-order chi connectivity index (χ0) is 21.1. The second-order valence-corrected chi connectivity index (χ2v) is 7.05. The van der Waals surface area contributed by atoms with Crippen LogP contribution >= 0.6 is 23.2 Å². The average molecular weight is 427 g/mol. The van der Waals surface area contributed by atoms with E-state index in [-0.39, 0.29) is 11.3 Å². The van der Waals surface area contributed by atoms with Crippen molar-refractivity contribution in [3.05, 3.63) is 85.8 Å². The van der Waals surface area contributed by atoms with Gasteiger partial charge >= 0.3 is 0 Å². The molecule has 8 heteroatoms. The van der Waals surface area contributed by atoms with Gasteiger partial charge in [-0.1, -0.05) is 47.5 Å². The second-order valence-electron chi connectivity index (χ2n) is 6.23. The van der Waals surface area contributed by atoms with E-state index in [1.54, 1.807) is 49.0 Å². The van der Waals surface area contributed by atoms with Crippen molar-refractivity contribution in [2.75, 3.05) is 5.32 Å². The number of halogens is 2. The first-order chi connectivity index (χ1) is 13.8. The highest BCUT2D eigenvalue weighted by Crippen LogP contribution is 2.24. The van der Waals surface area contributed by atoms with Gasteiger partial charge in [0, 0.05) is 7.05 Å². The van der Waals surface area contributed by atoms with Crippen LogP contribution in [0.15, 0.2) is 58.9 Å². The first kappa shape index (κ1) is 20.5. The maximum atomic E-state index is 12.9. The number of hydrogen-bond acceptors (Lipinski definition) is 3. The van der Waals surface area contributed by atoms with Gasteiger partial charge in [0.15, 0.2) is 0 Å². The molecule has 1 aromatic heterocycles. The molecule has 0 aliphatic carbocycles. The third-order valence-electron chi connectivity index (χ3n) is 4.41. The van der Waals surface area contributed by atoms with E-state index >= 15 is 0 Å². The molecule has 0 aliphatic rings. The molecule has 6 nitrogen and oxygen atoms in total. The van der Waals surface area contributed by atoms with Crippen LogP contribution in [-0.2, 0) is 11.8 Å². The summed E-state index contributed by atoms with van der Waals surface area (Å²) >= 11 is 11.9. The highest BCUT2D eigenvalue weighted by molar-refractivity contribution is 6.42. The Morgan fingerprint density at radius 2 is 1.83 bits per heavy atom. The normalized spacial score (nSPS) is 11.2. The van der Waals surface area contributed by atoms with Crippen molar-refractivity contribution < 1.29 is 4.79 Å². The number of rotatable bonds is 4. The Balaban J connectivity index is 1.96. The molecule has 0 saturated heterocycles. The molecular formula is C21H16Cl2N4O2. The number of nitrogens with zero attached hydrogens (tertiary/aromatic N) is 3. The van der Waals surface area contributed by atoms with Crippen LogP contribution in [0.25, 0.3) is 11.8 Å². The second kappa shape index (κ2) is 8.39. The number of carbonyl (C=O) groups excluding carboxylic acids is 1. The molecule has 1 N–H and O–H groups in total. The summed E-state index contributed by atoms with van der Waals surface area (Å²) in [6, 6.07) is 15.7. The zero-order valence-electron chi connectivity index (χ0n) is 15.6. The summed E-state index contributed by atoms with van der Waals surface area (Å²) in [5.74, 6) is -0.690. The first-order valence-corrected chi connectivity index (χ1v) is 9.31. The lowest BCUT2D eigenvalue weighted by Gasteiger charge is -2.07. The van der Waals surface area contributed by atoms with Crippen LogP contribution in [0.5, 0.6) is 0 Å². The SMILES string of the molecule is Cc1c(NC(=O)/C(C#N)=C\c2ccc(Cl)c(Cl)c2)c(=O)n(-c2ccccc2)n1C. The minimum atomic E-state index is -0.690. The smallest absolute Gasteiger partial charge is 0.295 e. The predicted octanol–water partition coefficient (Wildman–Crippen LogP) is 4.34. The van der Waals surface area contributed by atoms with Crippen molar-refractivity contribution in [2.45, 2.75) is 6.92 Å². The first-order valence-electron chi connectivity index (χ1n) is 8.55. The van der Waals surface area contributed by atoms with Gasteiger partial charge < -0.3 is 5.32 Å². The van der Waals surface area contributed by atoms with E-state index in [0.717, 1.165) is 0 Å². The molecule has 0 radical (unpaired) electrons. The molecule has 0 spiro atoms. The molecule has 146 valence electrons. The Labute approximate surface area is 177 Å². The lowest BCUT2D eigenvalue weighted by molar-refractivity contribution is -0.112. The summed E-state index contributed by atoms with van der Waals surface area (Å²) in [5.41, 5.74) is 1.30. The molecule has 0 bridgehead atoms. The van der Waals surface area contributed by atoms with Gasteiger partial charge in [0.2, 0.25) is 0 Å². The van der Waals surface area contributed by atoms with Crippen molar-refractivity contribution in [3.63, 3.8) is 0 Å². The Morgan fingerprint density at radius 3 is 2.45 bits per heavy atom. The molecule has 1 amide bonds. The van der Waals surface area contributed by atoms with Crippen LogP contribution in [0.3, 0.4) is 0 Å². The molecule has 3 rings (SSSR count). The number of anilines is 1. The third kappa shape index (κ3) is 4.11. The molecular weight excluding hydrogens is 411 g/mol. The highest BCUT2D eigenvalue weighted by Gasteiger charge is 2.20. The Hall–Kier alpha value is -3.27. The molecule has 1 heterocycles. The molecule has 3 aromatic rings. The number of carbonyl (C=O) groups is 1. The third-order valence-corrected chi connectivity index (χ3v) is 5.15. The van der Waals surface area contributed by atoms with Crippen molar-refractivity contribution in [1.82, 2.24) is 9.36 Å². The summed E-state index contributed by atoms with van der Waals surface area (Å²) in [4.78, 5) is 25.5. The van der Waals surface area contributed by atoms with E-state index in [1.165, 1.54) is 10.8 Å². The van der Waals surface area contributed by atoms with Gasteiger partial charge in [-0.05, 0) is 42.8 Å². The number of para-hydroxylation sites is 1. The Morgan fingerprint density at radius 1 is 1.14 bits per heavy atom. The van der Waals surface area contributed by atoms with Crippen LogP contribution in [0.4, 0.5) is 5.69 Å². The number of aromatic nitrogens is 2. The van der Waals surface area contributed by atoms with Gasteiger partial charge in [0.05, 0.1) is 21.4 Å². The number of nitrogens with one attached hydrogen (secondary N) is 1. The molecule has 29 heavy (non-hydrogen) atoms. The predicted molar refractivity (Wildman–Crippen MR) is 114 cm³/mol. The van der Waals surface area contributed by atoms with E-state index in [4.69, 9.17) is 23.2 Å². The Kier molecular flexibility index (Phi) is 5.92. The maximum Gasteiger partial charge on any atom is 0.295 e. The van der Waals surface area contributed by atoms with Gasteiger partial charge in [-0.25, -0.2) is 4.68 Å². The van der Waals surface area contributed by atoms with Crippen LogP contribution in [0, 0.1) is 18.3 Å². The standard InChI is InChI=1S/C21H16Cl2N4O2/c1-13-19(21(29)27(26(13)2)16-6-4-3-5-7-16)25-20(28)15(12-24)10-14-8-9-17(22)18(23)11-14/h3-11H,1-2H3,(H,25,28)/b15-10-. The minimum Gasteiger partial charge on any atom is -0.315 e. The van der Waals surface area contributed by atoms with Gasteiger partial charge in [0.25, 0.3) is 11.5 Å². The van der Waals surface area contributed by atoms with Gasteiger partial charge in [-0.15, -0.1) is 0 Å². The summed E-state index contributed by atoms with van der Waals surface area (Å²) in [5, 5.41) is 12.6. The summed E-state index contributed by atoms with van der Waals surface area (Å²) < 4.78 is 3.09. The van der Waals surface area contributed by atoms with Crippen LogP contribution in [0.1, 0.15) is 11.3 Å². The van der Waals surface area contributed by atoms with Crippen molar-refractivity contribution >= 4 is 40.9 Å². The van der Waals surface area contributed by atoms with Crippen molar-refractivity contribution in [2.24, 2.45) is 7.05 Å². The summed E-state index contributed by atoms with van der Waals surface area (Å²) in [6.45, 7) is 1.71. The molecule has 2 aromatic carbocycles. The lowest BCUT2D eigenvalue weighted by Crippen LogP contribution is -2.23. The summed E-state index contributed by atoms with van der Waals surface area (Å²) in [7, 11) is 1.72. The van der Waals surface area contributed by atoms with Crippen molar-refractivity contribution in [3.8, 4) is 11.8 Å². The number of benzene rings is 2. The monoisotopic (exact) mass is 426 g/mol. The number of nitriles is 1. The van der Waals surface area contributed by atoms with Crippen LogP contribution < -0.4 is 10.9 Å². The fourth-order valence-corrected chi connectivity index (χ4v) is 3.12. The van der Waals surface area contributed by atoms with Gasteiger partial charge in [0.1, 0.15) is 17.3 Å². The summed E-state index contributed by atoms with van der Waals surface area (Å²) in [6.07, 6.45) is 1.38. The van der Waals surface area contributed by atoms with E-state index in [1.807, 2.05) is 24.3 Å². The van der Waals surface area contributed by atoms with E-state index in [2.05, 4.69) is 5.32 Å². The fourth-order valence-electron chi connectivity index (χ4n) is 2.81. The van der Waals surface area contributed by atoms with E-state index < -0.39 is 11.5 Å². The van der Waals surface area contributed by atoms with Crippen LogP contribution in [0.2, 0.25) is 10.0 Å².